The number of carboxylic acid groups (broad SMARTS) is 1. The Morgan fingerprint density at radius 2 is 1.81 bits per heavy atom. The van der Waals surface area contributed by atoms with Crippen molar-refractivity contribution in [1.29, 1.82) is 0 Å². The van der Waals surface area contributed by atoms with Crippen LogP contribution in [0.1, 0.15) is 46.5 Å². The number of methoxy groups -OCH3 is 1. The molecule has 1 aromatic rings. The van der Waals surface area contributed by atoms with E-state index >= 15 is 0 Å². The number of esters is 1. The van der Waals surface area contributed by atoms with Crippen LogP contribution in [0.3, 0.4) is 0 Å². The van der Waals surface area contributed by atoms with E-state index in [0.29, 0.717) is 17.0 Å². The number of carbonyl (C=O) groups is 3. The van der Waals surface area contributed by atoms with Gasteiger partial charge < -0.3 is 15.2 Å². The maximum absolute atomic E-state index is 13.0. The standard InChI is InChI=1S/C20H23NO5S/c1-26-20(25)16-12-5-3-2-4-6-13(12)27-18(16)21-17(22)14-10-7-8-11(9-10)15(14)19(23)24/h7-8,10-11,14-15H,2-6,9H2,1H3,(H,21,22)(H,23,24)/t10-,11-,14+,15+/m0/s1. The molecule has 4 atom stereocenters. The van der Waals surface area contributed by atoms with Gasteiger partial charge in [-0.05, 0) is 49.5 Å². The van der Waals surface area contributed by atoms with Gasteiger partial charge in [0.2, 0.25) is 5.91 Å². The lowest BCUT2D eigenvalue weighted by Gasteiger charge is -2.23. The van der Waals surface area contributed by atoms with E-state index in [2.05, 4.69) is 5.32 Å². The molecular formula is C20H23NO5S. The summed E-state index contributed by atoms with van der Waals surface area (Å²) >= 11 is 1.44. The van der Waals surface area contributed by atoms with Crippen LogP contribution in [0.2, 0.25) is 0 Å². The highest BCUT2D eigenvalue weighted by Gasteiger charge is 2.51. The van der Waals surface area contributed by atoms with E-state index in [1.807, 2.05) is 12.2 Å². The minimum atomic E-state index is -0.929. The van der Waals surface area contributed by atoms with Crippen molar-refractivity contribution in [1.82, 2.24) is 0 Å². The van der Waals surface area contributed by atoms with E-state index in [1.54, 1.807) is 0 Å². The quantitative estimate of drug-likeness (QED) is 0.468. The lowest BCUT2D eigenvalue weighted by molar-refractivity contribution is -0.146. The first kappa shape index (κ1) is 18.2. The lowest BCUT2D eigenvalue weighted by atomic mass is 9.82. The fourth-order valence-electron chi connectivity index (χ4n) is 4.86. The maximum atomic E-state index is 13.0. The molecule has 0 radical (unpaired) electrons. The molecular weight excluding hydrogens is 366 g/mol. The molecule has 1 saturated carbocycles. The summed E-state index contributed by atoms with van der Waals surface area (Å²) in [5.74, 6) is -3.08. The van der Waals surface area contributed by atoms with Gasteiger partial charge in [0.25, 0.3) is 0 Å². The monoisotopic (exact) mass is 389 g/mol. The van der Waals surface area contributed by atoms with E-state index < -0.39 is 23.8 Å². The highest BCUT2D eigenvalue weighted by molar-refractivity contribution is 7.17. The van der Waals surface area contributed by atoms with Crippen molar-refractivity contribution in [3.63, 3.8) is 0 Å². The van der Waals surface area contributed by atoms with Crippen molar-refractivity contribution in [2.45, 2.75) is 38.5 Å². The SMILES string of the molecule is COC(=O)c1c(NC(=O)[C@H]2[C@H](C(=O)O)[C@H]3C=C[C@H]2C3)sc2c1CCCCC2. The van der Waals surface area contributed by atoms with Gasteiger partial charge in [0.05, 0.1) is 24.5 Å². The molecule has 2 bridgehead atoms. The van der Waals surface area contributed by atoms with Crippen LogP contribution in [0.15, 0.2) is 12.2 Å². The minimum Gasteiger partial charge on any atom is -0.481 e. The number of ether oxygens (including phenoxy) is 1. The van der Waals surface area contributed by atoms with Gasteiger partial charge in [-0.15, -0.1) is 11.3 Å². The largest absolute Gasteiger partial charge is 0.481 e. The Hall–Kier alpha value is -2.15. The van der Waals surface area contributed by atoms with Crippen molar-refractivity contribution in [3.05, 3.63) is 28.2 Å². The molecule has 144 valence electrons. The normalized spacial score (nSPS) is 28.5. The van der Waals surface area contributed by atoms with Crippen molar-refractivity contribution in [2.75, 3.05) is 12.4 Å². The number of carbonyl (C=O) groups excluding carboxylic acids is 2. The molecule has 1 aromatic heterocycles. The van der Waals surface area contributed by atoms with Gasteiger partial charge in [0.15, 0.2) is 0 Å². The Labute approximate surface area is 161 Å². The van der Waals surface area contributed by atoms with E-state index in [0.717, 1.165) is 42.5 Å². The summed E-state index contributed by atoms with van der Waals surface area (Å²) in [6, 6.07) is 0. The Morgan fingerprint density at radius 1 is 1.11 bits per heavy atom. The Bertz CT molecular complexity index is 827. The summed E-state index contributed by atoms with van der Waals surface area (Å²) in [5.41, 5.74) is 1.44. The number of rotatable bonds is 4. The maximum Gasteiger partial charge on any atom is 0.341 e. The Balaban J connectivity index is 1.64. The van der Waals surface area contributed by atoms with Crippen LogP contribution >= 0.6 is 11.3 Å². The molecule has 6 nitrogen and oxygen atoms in total. The minimum absolute atomic E-state index is 0.0459. The Kier molecular flexibility index (Phi) is 4.80. The molecule has 7 heteroatoms. The summed E-state index contributed by atoms with van der Waals surface area (Å²) in [6.07, 6.45) is 9.50. The van der Waals surface area contributed by atoms with Gasteiger partial charge >= 0.3 is 11.9 Å². The molecule has 1 fully saturated rings. The zero-order chi connectivity index (χ0) is 19.1. The van der Waals surface area contributed by atoms with Gasteiger partial charge in [-0.2, -0.15) is 0 Å². The van der Waals surface area contributed by atoms with Crippen LogP contribution in [-0.2, 0) is 27.2 Å². The topological polar surface area (TPSA) is 92.7 Å². The first-order valence-corrected chi connectivity index (χ1v) is 10.3. The molecule has 0 unspecified atom stereocenters. The number of aryl methyl sites for hydroxylation is 1. The number of amides is 1. The predicted molar refractivity (Wildman–Crippen MR) is 101 cm³/mol. The van der Waals surface area contributed by atoms with E-state index in [9.17, 15) is 19.5 Å². The molecule has 1 amide bonds. The van der Waals surface area contributed by atoms with Gasteiger partial charge in [0.1, 0.15) is 5.00 Å². The van der Waals surface area contributed by atoms with Crippen molar-refractivity contribution >= 4 is 34.2 Å². The number of allylic oxidation sites excluding steroid dienone is 2. The molecule has 27 heavy (non-hydrogen) atoms. The number of carboxylic acids is 1. The number of fused-ring (bicyclic) bond motifs is 3. The molecule has 0 aliphatic heterocycles. The highest BCUT2D eigenvalue weighted by Crippen LogP contribution is 2.49. The fraction of sp³-hybridized carbons (Fsp3) is 0.550. The van der Waals surface area contributed by atoms with Crippen LogP contribution in [-0.4, -0.2) is 30.1 Å². The third-order valence-corrected chi connectivity index (χ3v) is 7.30. The number of thiophene rings is 1. The number of anilines is 1. The summed E-state index contributed by atoms with van der Waals surface area (Å²) in [7, 11) is 1.34. The molecule has 0 aromatic carbocycles. The van der Waals surface area contributed by atoms with Crippen LogP contribution < -0.4 is 5.32 Å². The van der Waals surface area contributed by atoms with Crippen molar-refractivity contribution < 1.29 is 24.2 Å². The van der Waals surface area contributed by atoms with Gasteiger partial charge in [0, 0.05) is 4.88 Å². The highest BCUT2D eigenvalue weighted by atomic mass is 32.1. The van der Waals surface area contributed by atoms with Gasteiger partial charge in [-0.1, -0.05) is 18.6 Å². The Morgan fingerprint density at radius 3 is 2.52 bits per heavy atom. The summed E-state index contributed by atoms with van der Waals surface area (Å²) in [4.78, 5) is 38.2. The first-order valence-electron chi connectivity index (χ1n) is 9.46. The average Bonchev–Trinajstić information content (AvgIpc) is 3.30. The second kappa shape index (κ2) is 7.11. The molecule has 1 heterocycles. The van der Waals surface area contributed by atoms with Crippen molar-refractivity contribution in [3.8, 4) is 0 Å². The van der Waals surface area contributed by atoms with Gasteiger partial charge in [-0.25, -0.2) is 4.79 Å². The number of hydrogen-bond donors (Lipinski definition) is 2. The third-order valence-electron chi connectivity index (χ3n) is 6.09. The van der Waals surface area contributed by atoms with Crippen LogP contribution in [0.5, 0.6) is 0 Å². The molecule has 3 aliphatic rings. The smallest absolute Gasteiger partial charge is 0.341 e. The van der Waals surface area contributed by atoms with Crippen LogP contribution in [0, 0.1) is 23.7 Å². The third kappa shape index (κ3) is 3.08. The summed E-state index contributed by atoms with van der Waals surface area (Å²) in [6.45, 7) is 0. The van der Waals surface area contributed by atoms with E-state index in [4.69, 9.17) is 4.74 Å². The zero-order valence-corrected chi connectivity index (χ0v) is 16.0. The van der Waals surface area contributed by atoms with E-state index in [-0.39, 0.29) is 17.7 Å². The van der Waals surface area contributed by atoms with Crippen LogP contribution in [0.25, 0.3) is 0 Å². The lowest BCUT2D eigenvalue weighted by Crippen LogP contribution is -2.36. The summed E-state index contributed by atoms with van der Waals surface area (Å²) in [5, 5.41) is 13.0. The molecule has 0 saturated heterocycles. The second-order valence-corrected chi connectivity index (χ2v) is 8.69. The average molecular weight is 389 g/mol. The molecule has 4 rings (SSSR count). The molecule has 3 aliphatic carbocycles. The first-order chi connectivity index (χ1) is 13.0. The van der Waals surface area contributed by atoms with Gasteiger partial charge in [-0.3, -0.25) is 9.59 Å². The summed E-state index contributed by atoms with van der Waals surface area (Å²) < 4.78 is 4.97. The zero-order valence-electron chi connectivity index (χ0n) is 15.2. The number of hydrogen-bond acceptors (Lipinski definition) is 5. The van der Waals surface area contributed by atoms with Crippen molar-refractivity contribution in [2.24, 2.45) is 23.7 Å². The number of aliphatic carboxylic acids is 1. The fourth-order valence-corrected chi connectivity index (χ4v) is 6.14. The molecule has 2 N–H and O–H groups in total. The predicted octanol–water partition coefficient (Wildman–Crippen LogP) is 3.27. The van der Waals surface area contributed by atoms with Crippen LogP contribution in [0.4, 0.5) is 5.00 Å². The second-order valence-electron chi connectivity index (χ2n) is 7.59. The number of nitrogens with one attached hydrogen (secondary N) is 1. The molecule has 0 spiro atoms. The van der Waals surface area contributed by atoms with E-state index in [1.165, 1.54) is 18.4 Å².